The molecule has 0 bridgehead atoms. The van der Waals surface area contributed by atoms with Crippen molar-refractivity contribution in [3.63, 3.8) is 0 Å². The number of benzene rings is 2. The molecule has 0 spiro atoms. The van der Waals surface area contributed by atoms with Gasteiger partial charge in [-0.1, -0.05) is 74.3 Å². The van der Waals surface area contributed by atoms with Gasteiger partial charge in [-0.05, 0) is 35.4 Å². The summed E-state index contributed by atoms with van der Waals surface area (Å²) in [7, 11) is -0.154. The molecule has 24 heavy (non-hydrogen) atoms. The van der Waals surface area contributed by atoms with Gasteiger partial charge in [-0.3, -0.25) is 0 Å². The maximum absolute atomic E-state index is 11.6. The van der Waals surface area contributed by atoms with E-state index in [1.807, 2.05) is 6.07 Å². The van der Waals surface area contributed by atoms with Crippen molar-refractivity contribution < 1.29 is 8.42 Å². The van der Waals surface area contributed by atoms with Crippen LogP contribution in [0.4, 0.5) is 0 Å². The van der Waals surface area contributed by atoms with E-state index in [1.54, 1.807) is 46.7 Å². The number of hydrogen-bond donors (Lipinski definition) is 0. The monoisotopic (exact) mass is 432 g/mol. The smallest absolute Gasteiger partial charge is 0.175 e. The van der Waals surface area contributed by atoms with E-state index in [9.17, 15) is 8.42 Å². The molecule has 1 heterocycles. The predicted octanol–water partition coefficient (Wildman–Crippen LogP) is 6.58. The molecule has 0 atom stereocenters. The van der Waals surface area contributed by atoms with E-state index in [2.05, 4.69) is 0 Å². The van der Waals surface area contributed by atoms with Crippen molar-refractivity contribution in [1.29, 1.82) is 0 Å². The van der Waals surface area contributed by atoms with Crippen LogP contribution in [-0.4, -0.2) is 14.7 Å². The summed E-state index contributed by atoms with van der Waals surface area (Å²) in [4.78, 5) is 1.28. The molecule has 0 amide bonds. The highest BCUT2D eigenvalue weighted by Crippen LogP contribution is 2.42. The van der Waals surface area contributed by atoms with Crippen LogP contribution in [0.15, 0.2) is 47.4 Å². The van der Waals surface area contributed by atoms with Gasteiger partial charge in [-0.25, -0.2) is 8.42 Å². The summed E-state index contributed by atoms with van der Waals surface area (Å²) in [6.07, 6.45) is 1.19. The van der Waals surface area contributed by atoms with Crippen LogP contribution in [0.1, 0.15) is 0 Å². The van der Waals surface area contributed by atoms with Gasteiger partial charge in [0.05, 0.1) is 19.8 Å². The molecule has 0 N–H and O–H groups in total. The highest BCUT2D eigenvalue weighted by Gasteiger charge is 2.15. The minimum absolute atomic E-state index is 0.293. The van der Waals surface area contributed by atoms with Crippen molar-refractivity contribution in [2.24, 2.45) is 0 Å². The van der Waals surface area contributed by atoms with Crippen LogP contribution in [0, 0.1) is 3.82 Å². The van der Waals surface area contributed by atoms with E-state index >= 15 is 0 Å². The molecule has 0 saturated carbocycles. The Kier molecular flexibility index (Phi) is 5.16. The van der Waals surface area contributed by atoms with Gasteiger partial charge < -0.3 is 0 Å². The van der Waals surface area contributed by atoms with Gasteiger partial charge in [-0.2, -0.15) is 0 Å². The fraction of sp³-hybridized carbons (Fsp3) is 0.0625. The van der Waals surface area contributed by atoms with Gasteiger partial charge in [0.1, 0.15) is 3.82 Å². The Bertz CT molecular complexity index is 1060. The zero-order valence-corrected chi connectivity index (χ0v) is 17.0. The Labute approximate surface area is 162 Å². The normalized spacial score (nSPS) is 11.6. The third-order valence-corrected chi connectivity index (χ3v) is 8.32. The van der Waals surface area contributed by atoms with Gasteiger partial charge in [-0.15, -0.1) is 0 Å². The molecule has 0 saturated heterocycles. The average molecular weight is 433 g/mol. The van der Waals surface area contributed by atoms with Crippen molar-refractivity contribution in [1.82, 2.24) is 0 Å². The van der Waals surface area contributed by atoms with Crippen LogP contribution in [0.3, 0.4) is 0 Å². The van der Waals surface area contributed by atoms with Crippen LogP contribution >= 0.6 is 56.1 Å². The van der Waals surface area contributed by atoms with Crippen LogP contribution in [0.25, 0.3) is 21.6 Å². The maximum atomic E-state index is 11.6. The first kappa shape index (κ1) is 18.0. The van der Waals surface area contributed by atoms with Gasteiger partial charge in [0, 0.05) is 11.8 Å². The second kappa shape index (κ2) is 6.86. The summed E-state index contributed by atoms with van der Waals surface area (Å²) < 4.78 is 24.0. The van der Waals surface area contributed by atoms with Crippen molar-refractivity contribution in [2.75, 3.05) is 6.26 Å². The highest BCUT2D eigenvalue weighted by atomic mass is 35.5. The molecule has 3 aromatic rings. The molecule has 0 aliphatic carbocycles. The standard InChI is InChI=1S/C16H10Cl2O2S4/c1-24(19,20)11-5-2-9(3-6-11)15-14(16(21)23-22-15)10-4-7-12(17)13(18)8-10/h2-8H,1H3. The second-order valence-corrected chi connectivity index (χ2v) is 10.7. The molecule has 2 nitrogen and oxygen atoms in total. The van der Waals surface area contributed by atoms with E-state index in [0.717, 1.165) is 25.4 Å². The third-order valence-electron chi connectivity index (χ3n) is 3.38. The minimum Gasteiger partial charge on any atom is -0.224 e. The van der Waals surface area contributed by atoms with Crippen LogP contribution in [0.2, 0.25) is 10.0 Å². The van der Waals surface area contributed by atoms with Crippen molar-refractivity contribution in [3.8, 4) is 21.6 Å². The topological polar surface area (TPSA) is 34.1 Å². The van der Waals surface area contributed by atoms with Crippen LogP contribution < -0.4 is 0 Å². The van der Waals surface area contributed by atoms with Gasteiger partial charge in [0.15, 0.2) is 9.84 Å². The summed E-state index contributed by atoms with van der Waals surface area (Å²) in [6, 6.07) is 12.2. The number of halogens is 2. The summed E-state index contributed by atoms with van der Waals surface area (Å²) >= 11 is 17.6. The van der Waals surface area contributed by atoms with Crippen molar-refractivity contribution >= 4 is 65.9 Å². The Hall–Kier alpha value is -0.760. The number of rotatable bonds is 3. The van der Waals surface area contributed by atoms with Gasteiger partial charge >= 0.3 is 0 Å². The molecule has 0 aliphatic rings. The zero-order chi connectivity index (χ0) is 17.5. The molecule has 2 aromatic carbocycles. The van der Waals surface area contributed by atoms with Crippen LogP contribution in [-0.2, 0) is 9.84 Å². The molecule has 3 rings (SSSR count). The maximum Gasteiger partial charge on any atom is 0.175 e. The molecule has 0 unspecified atom stereocenters. The minimum atomic E-state index is -3.22. The molecular weight excluding hydrogens is 423 g/mol. The van der Waals surface area contributed by atoms with E-state index in [0.29, 0.717) is 14.9 Å². The zero-order valence-electron chi connectivity index (χ0n) is 12.2. The van der Waals surface area contributed by atoms with E-state index in [1.165, 1.54) is 16.6 Å². The van der Waals surface area contributed by atoms with Crippen molar-refractivity contribution in [3.05, 3.63) is 56.3 Å². The lowest BCUT2D eigenvalue weighted by Gasteiger charge is -2.06. The second-order valence-electron chi connectivity index (χ2n) is 5.08. The average Bonchev–Trinajstić information content (AvgIpc) is 2.91. The lowest BCUT2D eigenvalue weighted by molar-refractivity contribution is 0.602. The Morgan fingerprint density at radius 1 is 0.917 bits per heavy atom. The predicted molar refractivity (Wildman–Crippen MR) is 107 cm³/mol. The molecule has 124 valence electrons. The fourth-order valence-corrected chi connectivity index (χ4v) is 6.05. The first-order chi connectivity index (χ1) is 11.3. The Balaban J connectivity index is 2.14. The fourth-order valence-electron chi connectivity index (χ4n) is 2.20. The molecule has 8 heteroatoms. The Morgan fingerprint density at radius 3 is 2.12 bits per heavy atom. The molecule has 0 fully saturated rings. The first-order valence-electron chi connectivity index (χ1n) is 6.66. The quantitative estimate of drug-likeness (QED) is 0.345. The summed E-state index contributed by atoms with van der Waals surface area (Å²) in [5, 5.41) is 0.961. The third kappa shape index (κ3) is 3.59. The van der Waals surface area contributed by atoms with E-state index in [-0.39, 0.29) is 0 Å². The highest BCUT2D eigenvalue weighted by molar-refractivity contribution is 7.90. The van der Waals surface area contributed by atoms with Crippen LogP contribution in [0.5, 0.6) is 0 Å². The summed E-state index contributed by atoms with van der Waals surface area (Å²) in [5.41, 5.74) is 2.74. The number of sulfone groups is 1. The Morgan fingerprint density at radius 2 is 1.54 bits per heavy atom. The molecule has 0 aliphatic heterocycles. The lowest BCUT2D eigenvalue weighted by Crippen LogP contribution is -1.96. The first-order valence-corrected chi connectivity index (χ1v) is 11.9. The SMILES string of the molecule is CS(=O)(=O)c1ccc(-c2ssc(=S)c2-c2ccc(Cl)c(Cl)c2)cc1. The number of hydrogen-bond acceptors (Lipinski definition) is 5. The molecule has 0 radical (unpaired) electrons. The van der Waals surface area contributed by atoms with E-state index < -0.39 is 9.84 Å². The lowest BCUT2D eigenvalue weighted by atomic mass is 10.0. The summed E-state index contributed by atoms with van der Waals surface area (Å²) in [6.45, 7) is 0. The van der Waals surface area contributed by atoms with Gasteiger partial charge in [0.2, 0.25) is 0 Å². The molecule has 1 aromatic heterocycles. The molecular formula is C16H10Cl2O2S4. The van der Waals surface area contributed by atoms with Gasteiger partial charge in [0.25, 0.3) is 0 Å². The summed E-state index contributed by atoms with van der Waals surface area (Å²) in [5.74, 6) is 0. The van der Waals surface area contributed by atoms with E-state index in [4.69, 9.17) is 35.4 Å². The van der Waals surface area contributed by atoms with Crippen molar-refractivity contribution in [2.45, 2.75) is 4.90 Å². The largest absolute Gasteiger partial charge is 0.224 e.